The molecule has 0 spiro atoms. The van der Waals surface area contributed by atoms with Gasteiger partial charge in [-0.1, -0.05) is 17.7 Å². The molecule has 3 aliphatic rings. The second kappa shape index (κ2) is 6.48. The molecule has 2 bridgehead atoms. The number of hydrogen-bond acceptors (Lipinski definition) is 4. The molecule has 3 heterocycles. The minimum Gasteiger partial charge on any atom is -0.340 e. The lowest BCUT2D eigenvalue weighted by Gasteiger charge is -2.32. The van der Waals surface area contributed by atoms with Gasteiger partial charge in [-0.05, 0) is 37.5 Å². The van der Waals surface area contributed by atoms with E-state index in [9.17, 15) is 14.9 Å². The Balaban J connectivity index is 1.46. The van der Waals surface area contributed by atoms with Crippen LogP contribution < -0.4 is 4.90 Å². The first kappa shape index (κ1) is 17.2. The summed E-state index contributed by atoms with van der Waals surface area (Å²) in [4.78, 5) is 30.7. The van der Waals surface area contributed by atoms with Crippen LogP contribution in [0, 0.1) is 17.4 Å². The summed E-state index contributed by atoms with van der Waals surface area (Å²) in [7, 11) is 1.82. The molecule has 136 valence electrons. The topological polar surface area (TPSA) is 67.7 Å². The zero-order valence-electron chi connectivity index (χ0n) is 14.6. The summed E-state index contributed by atoms with van der Waals surface area (Å²) < 4.78 is 0. The number of hydrogen-bond donors (Lipinski definition) is 0. The fraction of sp³-hybridized carbons (Fsp3) is 0.526. The van der Waals surface area contributed by atoms with Gasteiger partial charge >= 0.3 is 0 Å². The Morgan fingerprint density at radius 3 is 2.88 bits per heavy atom. The molecule has 0 N–H and O–H groups in total. The van der Waals surface area contributed by atoms with Crippen molar-refractivity contribution in [1.29, 1.82) is 5.26 Å². The molecule has 0 unspecified atom stereocenters. The number of nitrogens with zero attached hydrogens (tertiary/aromatic N) is 4. The summed E-state index contributed by atoms with van der Waals surface area (Å²) in [5.74, 6) is -0.398. The summed E-state index contributed by atoms with van der Waals surface area (Å²) in [6.07, 6.45) is 5.33. The van der Waals surface area contributed by atoms with Crippen LogP contribution in [0.3, 0.4) is 0 Å². The highest BCUT2D eigenvalue weighted by Crippen LogP contribution is 2.40. The fourth-order valence-corrected chi connectivity index (χ4v) is 4.93. The maximum absolute atomic E-state index is 13.0. The molecule has 4 rings (SSSR count). The Hall–Kier alpha value is -2.26. The van der Waals surface area contributed by atoms with Gasteiger partial charge in [-0.15, -0.1) is 0 Å². The van der Waals surface area contributed by atoms with Crippen molar-refractivity contribution in [2.24, 2.45) is 5.92 Å². The number of carbonyl (C=O) groups excluding carboxylic acids is 2. The van der Waals surface area contributed by atoms with Crippen LogP contribution in [0.25, 0.3) is 0 Å². The number of halogens is 1. The van der Waals surface area contributed by atoms with Gasteiger partial charge in [-0.25, -0.2) is 0 Å². The minimum absolute atomic E-state index is 0.00156. The Morgan fingerprint density at radius 2 is 2.19 bits per heavy atom. The van der Waals surface area contributed by atoms with Gasteiger partial charge in [0.2, 0.25) is 11.8 Å². The van der Waals surface area contributed by atoms with Crippen molar-refractivity contribution in [2.45, 2.75) is 43.8 Å². The Kier molecular flexibility index (Phi) is 4.28. The molecule has 0 aliphatic carbocycles. The fourth-order valence-electron chi connectivity index (χ4n) is 4.75. The monoisotopic (exact) mass is 372 g/mol. The standard InChI is InChI=1S/C19H21ClN4O2/c1-22(17-9-15-5-6-16(17)24(15)11-21)19(26)12-7-18(25)23(10-12)14-4-2-3-13(20)8-14/h2-4,8,12,15-17H,5-7,9-10H2,1H3/t12-,15+,16-,17-/m1/s1. The second-order valence-corrected chi connectivity index (χ2v) is 7.88. The Labute approximate surface area is 157 Å². The molecule has 1 aromatic rings. The van der Waals surface area contributed by atoms with Gasteiger partial charge < -0.3 is 14.7 Å². The summed E-state index contributed by atoms with van der Waals surface area (Å²) in [6, 6.07) is 7.60. The van der Waals surface area contributed by atoms with Crippen molar-refractivity contribution in [1.82, 2.24) is 9.80 Å². The normalized spacial score (nSPS) is 30.0. The van der Waals surface area contributed by atoms with Crippen molar-refractivity contribution in [3.8, 4) is 6.19 Å². The summed E-state index contributed by atoms with van der Waals surface area (Å²) in [5.41, 5.74) is 0.732. The summed E-state index contributed by atoms with van der Waals surface area (Å²) >= 11 is 6.03. The molecule has 3 aliphatic heterocycles. The largest absolute Gasteiger partial charge is 0.340 e. The average molecular weight is 373 g/mol. The van der Waals surface area contributed by atoms with Crippen molar-refractivity contribution < 1.29 is 9.59 Å². The number of benzene rings is 1. The third-order valence-electron chi connectivity index (χ3n) is 6.06. The van der Waals surface area contributed by atoms with Gasteiger partial charge in [-0.3, -0.25) is 9.59 Å². The predicted octanol–water partition coefficient (Wildman–Crippen LogP) is 2.24. The maximum Gasteiger partial charge on any atom is 0.228 e. The SMILES string of the molecule is CN(C(=O)[C@@H]1CC(=O)N(c2cccc(Cl)c2)C1)[C@@H]1C[C@@H]2CC[C@H]1N2C#N. The first-order valence-electron chi connectivity index (χ1n) is 9.00. The molecule has 0 aromatic heterocycles. The van der Waals surface area contributed by atoms with Crippen molar-refractivity contribution in [2.75, 3.05) is 18.5 Å². The van der Waals surface area contributed by atoms with Crippen LogP contribution >= 0.6 is 11.6 Å². The van der Waals surface area contributed by atoms with E-state index in [0.29, 0.717) is 11.6 Å². The zero-order valence-corrected chi connectivity index (χ0v) is 15.4. The highest BCUT2D eigenvalue weighted by molar-refractivity contribution is 6.31. The van der Waals surface area contributed by atoms with Crippen LogP contribution in [-0.2, 0) is 9.59 Å². The summed E-state index contributed by atoms with van der Waals surface area (Å²) in [6.45, 7) is 0.380. The van der Waals surface area contributed by atoms with E-state index in [1.54, 1.807) is 28.0 Å². The number of amides is 2. The van der Waals surface area contributed by atoms with E-state index in [-0.39, 0.29) is 42.3 Å². The molecule has 6 nitrogen and oxygen atoms in total. The molecular weight excluding hydrogens is 352 g/mol. The van der Waals surface area contributed by atoms with Gasteiger partial charge in [0.1, 0.15) is 0 Å². The molecule has 2 amide bonds. The smallest absolute Gasteiger partial charge is 0.228 e. The van der Waals surface area contributed by atoms with E-state index in [1.165, 1.54) is 0 Å². The van der Waals surface area contributed by atoms with Gasteiger partial charge in [0.25, 0.3) is 0 Å². The molecule has 0 radical (unpaired) electrons. The molecular formula is C19H21ClN4O2. The highest BCUT2D eigenvalue weighted by atomic mass is 35.5. The minimum atomic E-state index is -0.346. The van der Waals surface area contributed by atoms with Gasteiger partial charge in [-0.2, -0.15) is 5.26 Å². The van der Waals surface area contributed by atoms with Gasteiger partial charge in [0, 0.05) is 36.8 Å². The molecule has 7 heteroatoms. The maximum atomic E-state index is 13.0. The number of likely N-dealkylation sites (N-methyl/N-ethyl adjacent to an activating group) is 1. The molecule has 3 saturated heterocycles. The third kappa shape index (κ3) is 2.71. The average Bonchev–Trinajstić information content (AvgIpc) is 3.32. The molecule has 1 aromatic carbocycles. The number of carbonyl (C=O) groups is 2. The predicted molar refractivity (Wildman–Crippen MR) is 97.3 cm³/mol. The lowest BCUT2D eigenvalue weighted by atomic mass is 9.93. The van der Waals surface area contributed by atoms with E-state index in [1.807, 2.05) is 18.0 Å². The lowest BCUT2D eigenvalue weighted by molar-refractivity contribution is -0.137. The van der Waals surface area contributed by atoms with Crippen molar-refractivity contribution in [3.05, 3.63) is 29.3 Å². The first-order chi connectivity index (χ1) is 12.5. The molecule has 26 heavy (non-hydrogen) atoms. The molecule has 3 fully saturated rings. The quantitative estimate of drug-likeness (QED) is 0.763. The van der Waals surface area contributed by atoms with Crippen LogP contribution in [0.15, 0.2) is 24.3 Å². The van der Waals surface area contributed by atoms with Crippen LogP contribution in [0.5, 0.6) is 0 Å². The van der Waals surface area contributed by atoms with Crippen LogP contribution in [0.4, 0.5) is 5.69 Å². The lowest BCUT2D eigenvalue weighted by Crippen LogP contribution is -2.47. The van der Waals surface area contributed by atoms with E-state index in [0.717, 1.165) is 24.9 Å². The molecule has 4 atom stereocenters. The van der Waals surface area contributed by atoms with Gasteiger partial charge in [0.05, 0.1) is 18.0 Å². The van der Waals surface area contributed by atoms with Crippen LogP contribution in [0.2, 0.25) is 5.02 Å². The number of anilines is 1. The van der Waals surface area contributed by atoms with Crippen molar-refractivity contribution >= 4 is 29.1 Å². The third-order valence-corrected chi connectivity index (χ3v) is 6.29. The van der Waals surface area contributed by atoms with Crippen LogP contribution in [-0.4, -0.2) is 53.3 Å². The first-order valence-corrected chi connectivity index (χ1v) is 9.38. The number of fused-ring (bicyclic) bond motifs is 2. The second-order valence-electron chi connectivity index (χ2n) is 7.44. The highest BCUT2D eigenvalue weighted by Gasteiger charge is 2.49. The number of nitriles is 1. The van der Waals surface area contributed by atoms with Gasteiger partial charge in [0.15, 0.2) is 6.19 Å². The van der Waals surface area contributed by atoms with Crippen LogP contribution in [0.1, 0.15) is 25.7 Å². The number of rotatable bonds is 3. The van der Waals surface area contributed by atoms with E-state index in [2.05, 4.69) is 6.19 Å². The van der Waals surface area contributed by atoms with Crippen molar-refractivity contribution in [3.63, 3.8) is 0 Å². The Bertz CT molecular complexity index is 792. The summed E-state index contributed by atoms with van der Waals surface area (Å²) in [5, 5.41) is 9.89. The zero-order chi connectivity index (χ0) is 18.4. The molecule has 0 saturated carbocycles. The Morgan fingerprint density at radius 1 is 1.38 bits per heavy atom. The van der Waals surface area contributed by atoms with E-state index >= 15 is 0 Å². The van der Waals surface area contributed by atoms with E-state index in [4.69, 9.17) is 11.6 Å². The van der Waals surface area contributed by atoms with E-state index < -0.39 is 0 Å².